The first-order valence-electron chi connectivity index (χ1n) is 7.77. The molecule has 1 aromatic carbocycles. The van der Waals surface area contributed by atoms with Crippen molar-refractivity contribution in [2.24, 2.45) is 0 Å². The third-order valence-electron chi connectivity index (χ3n) is 3.87. The molecule has 2 heterocycles. The van der Waals surface area contributed by atoms with Crippen molar-refractivity contribution in [3.05, 3.63) is 45.6 Å². The summed E-state index contributed by atoms with van der Waals surface area (Å²) in [6.45, 7) is 5.94. The zero-order valence-electron chi connectivity index (χ0n) is 13.8. The minimum atomic E-state index is -0.611. The van der Waals surface area contributed by atoms with Gasteiger partial charge in [-0.25, -0.2) is 4.79 Å². The van der Waals surface area contributed by atoms with E-state index < -0.39 is 5.97 Å². The van der Waals surface area contributed by atoms with Crippen LogP contribution < -0.4 is 11.2 Å². The summed E-state index contributed by atoms with van der Waals surface area (Å²) in [7, 11) is 0. The van der Waals surface area contributed by atoms with E-state index in [1.807, 2.05) is 26.0 Å². The molecule has 0 saturated heterocycles. The van der Waals surface area contributed by atoms with E-state index >= 15 is 0 Å². The van der Waals surface area contributed by atoms with Crippen molar-refractivity contribution in [3.63, 3.8) is 0 Å². The molecule has 2 aromatic heterocycles. The summed E-state index contributed by atoms with van der Waals surface area (Å²) < 4.78 is 10.8. The molecule has 6 heteroatoms. The van der Waals surface area contributed by atoms with Gasteiger partial charge in [0.15, 0.2) is 0 Å². The molecular formula is C18H18N2O4. The molecule has 3 rings (SSSR count). The number of carbonyl (C=O) groups excluding carboxylic acids is 1. The molecule has 0 aliphatic carbocycles. The van der Waals surface area contributed by atoms with Crippen LogP contribution in [0.1, 0.15) is 42.6 Å². The van der Waals surface area contributed by atoms with Gasteiger partial charge in [0.25, 0.3) is 0 Å². The van der Waals surface area contributed by atoms with Gasteiger partial charge in [-0.05, 0) is 30.5 Å². The van der Waals surface area contributed by atoms with E-state index in [1.54, 1.807) is 13.0 Å². The summed E-state index contributed by atoms with van der Waals surface area (Å²) in [6.07, 6.45) is 0. The molecule has 3 aromatic rings. The fourth-order valence-electron chi connectivity index (χ4n) is 2.67. The van der Waals surface area contributed by atoms with Gasteiger partial charge < -0.3 is 14.9 Å². The second-order valence-corrected chi connectivity index (χ2v) is 5.80. The van der Waals surface area contributed by atoms with Crippen LogP contribution in [0.2, 0.25) is 0 Å². The lowest BCUT2D eigenvalue weighted by molar-refractivity contribution is 0.0527. The Morgan fingerprint density at radius 1 is 1.33 bits per heavy atom. The maximum atomic E-state index is 12.8. The van der Waals surface area contributed by atoms with Crippen LogP contribution >= 0.6 is 0 Å². The summed E-state index contributed by atoms with van der Waals surface area (Å²) in [4.78, 5) is 28.9. The molecule has 2 N–H and O–H groups in total. The second-order valence-electron chi connectivity index (χ2n) is 5.80. The minimum Gasteiger partial charge on any atom is -0.462 e. The maximum Gasteiger partial charge on any atom is 0.341 e. The van der Waals surface area contributed by atoms with Crippen LogP contribution in [-0.2, 0) is 4.74 Å². The Bertz CT molecular complexity index is 1010. The van der Waals surface area contributed by atoms with Crippen LogP contribution in [0.3, 0.4) is 0 Å². The molecule has 0 radical (unpaired) electrons. The van der Waals surface area contributed by atoms with Crippen LogP contribution in [0.5, 0.6) is 0 Å². The topological polar surface area (TPSA) is 95.4 Å². The Morgan fingerprint density at radius 2 is 2.08 bits per heavy atom. The number of para-hydroxylation sites is 1. The van der Waals surface area contributed by atoms with E-state index in [-0.39, 0.29) is 40.4 Å². The smallest absolute Gasteiger partial charge is 0.341 e. The standard InChI is InChI=1S/C18H18N2O4/c1-4-23-18(22)13-8-12-14(21)11-7-5-6-10(9(2)3)15(11)24-17(12)20-16(13)19/h5-9H,4H2,1-3H3,(H2,19,20). The molecule has 0 aliphatic heterocycles. The fourth-order valence-corrected chi connectivity index (χ4v) is 2.67. The predicted molar refractivity (Wildman–Crippen MR) is 92.2 cm³/mol. The number of pyridine rings is 1. The van der Waals surface area contributed by atoms with Crippen LogP contribution in [0, 0.1) is 0 Å². The summed E-state index contributed by atoms with van der Waals surface area (Å²) in [5.74, 6) is -0.448. The van der Waals surface area contributed by atoms with E-state index in [9.17, 15) is 9.59 Å². The summed E-state index contributed by atoms with van der Waals surface area (Å²) in [5.41, 5.74) is 7.19. The highest BCUT2D eigenvalue weighted by Crippen LogP contribution is 2.27. The van der Waals surface area contributed by atoms with Crippen molar-refractivity contribution < 1.29 is 13.9 Å². The summed E-state index contributed by atoms with van der Waals surface area (Å²) in [6, 6.07) is 6.82. The van der Waals surface area contributed by atoms with Crippen molar-refractivity contribution >= 4 is 33.9 Å². The number of fused-ring (bicyclic) bond motifs is 2. The van der Waals surface area contributed by atoms with Crippen molar-refractivity contribution in [3.8, 4) is 0 Å². The number of hydrogen-bond acceptors (Lipinski definition) is 6. The number of aromatic nitrogens is 1. The highest BCUT2D eigenvalue weighted by atomic mass is 16.5. The average Bonchev–Trinajstić information content (AvgIpc) is 2.54. The van der Waals surface area contributed by atoms with Crippen molar-refractivity contribution in [1.82, 2.24) is 4.98 Å². The largest absolute Gasteiger partial charge is 0.462 e. The Balaban J connectivity index is 2.36. The Kier molecular flexibility index (Phi) is 3.97. The Labute approximate surface area is 138 Å². The second kappa shape index (κ2) is 5.96. The van der Waals surface area contributed by atoms with Gasteiger partial charge in [0.2, 0.25) is 11.1 Å². The van der Waals surface area contributed by atoms with E-state index in [0.29, 0.717) is 11.0 Å². The van der Waals surface area contributed by atoms with Crippen LogP contribution in [-0.4, -0.2) is 17.6 Å². The summed E-state index contributed by atoms with van der Waals surface area (Å²) in [5, 5.41) is 0.663. The van der Waals surface area contributed by atoms with Crippen molar-refractivity contribution in [2.75, 3.05) is 12.3 Å². The number of nitrogens with zero attached hydrogens (tertiary/aromatic N) is 1. The van der Waals surface area contributed by atoms with Gasteiger partial charge in [-0.2, -0.15) is 4.98 Å². The first kappa shape index (κ1) is 16.0. The first-order chi connectivity index (χ1) is 11.4. The first-order valence-corrected chi connectivity index (χ1v) is 7.77. The molecule has 0 amide bonds. The lowest BCUT2D eigenvalue weighted by atomic mass is 10.00. The van der Waals surface area contributed by atoms with Crippen LogP contribution in [0.4, 0.5) is 5.82 Å². The molecular weight excluding hydrogens is 308 g/mol. The fraction of sp³-hybridized carbons (Fsp3) is 0.278. The van der Waals surface area contributed by atoms with Gasteiger partial charge >= 0.3 is 5.97 Å². The van der Waals surface area contributed by atoms with E-state index in [2.05, 4.69) is 4.98 Å². The molecule has 0 atom stereocenters. The number of anilines is 1. The molecule has 6 nitrogen and oxygen atoms in total. The SMILES string of the molecule is CCOC(=O)c1cc2c(=O)c3cccc(C(C)C)c3oc2nc1N. The number of esters is 1. The Hall–Kier alpha value is -2.89. The van der Waals surface area contributed by atoms with E-state index in [0.717, 1.165) is 5.56 Å². The molecule has 124 valence electrons. The molecule has 0 saturated carbocycles. The summed E-state index contributed by atoms with van der Waals surface area (Å²) >= 11 is 0. The third kappa shape index (κ3) is 2.50. The van der Waals surface area contributed by atoms with Crippen LogP contribution in [0.25, 0.3) is 22.1 Å². The molecule has 0 spiro atoms. The third-order valence-corrected chi connectivity index (χ3v) is 3.87. The van der Waals surface area contributed by atoms with Gasteiger partial charge in [0, 0.05) is 0 Å². The zero-order chi connectivity index (χ0) is 17.4. The predicted octanol–water partition coefficient (Wildman–Crippen LogP) is 3.22. The number of benzene rings is 1. The Morgan fingerprint density at radius 3 is 2.75 bits per heavy atom. The molecule has 0 bridgehead atoms. The number of nitrogens with two attached hydrogens (primary N) is 1. The molecule has 24 heavy (non-hydrogen) atoms. The number of hydrogen-bond donors (Lipinski definition) is 1. The van der Waals surface area contributed by atoms with Crippen LogP contribution in [0.15, 0.2) is 33.5 Å². The molecule has 0 aliphatic rings. The zero-order valence-corrected chi connectivity index (χ0v) is 13.8. The monoisotopic (exact) mass is 326 g/mol. The lowest BCUT2D eigenvalue weighted by Gasteiger charge is -2.10. The van der Waals surface area contributed by atoms with Gasteiger partial charge in [0.1, 0.15) is 17.0 Å². The normalized spacial score (nSPS) is 11.3. The quantitative estimate of drug-likeness (QED) is 0.586. The number of rotatable bonds is 3. The number of ether oxygens (including phenoxy) is 1. The number of carbonyl (C=O) groups is 1. The van der Waals surface area contributed by atoms with Gasteiger partial charge in [-0.3, -0.25) is 4.79 Å². The van der Waals surface area contributed by atoms with Crippen molar-refractivity contribution in [2.45, 2.75) is 26.7 Å². The van der Waals surface area contributed by atoms with Gasteiger partial charge in [0.05, 0.1) is 17.4 Å². The molecule has 0 fully saturated rings. The lowest BCUT2D eigenvalue weighted by Crippen LogP contribution is -2.12. The van der Waals surface area contributed by atoms with E-state index in [1.165, 1.54) is 6.07 Å². The maximum absolute atomic E-state index is 12.8. The van der Waals surface area contributed by atoms with Gasteiger partial charge in [-0.1, -0.05) is 26.0 Å². The van der Waals surface area contributed by atoms with Gasteiger partial charge in [-0.15, -0.1) is 0 Å². The van der Waals surface area contributed by atoms with E-state index in [4.69, 9.17) is 14.9 Å². The minimum absolute atomic E-state index is 0.0227. The molecule has 0 unspecified atom stereocenters. The van der Waals surface area contributed by atoms with Crippen molar-refractivity contribution in [1.29, 1.82) is 0 Å². The highest BCUT2D eigenvalue weighted by molar-refractivity contribution is 5.99. The average molecular weight is 326 g/mol. The number of nitrogen functional groups attached to an aromatic ring is 1. The highest BCUT2D eigenvalue weighted by Gasteiger charge is 2.19.